The highest BCUT2D eigenvalue weighted by atomic mass is 32.2. The zero-order chi connectivity index (χ0) is 25.0. The van der Waals surface area contributed by atoms with Gasteiger partial charge in [0.05, 0.1) is 49.5 Å². The number of halogens is 3. The summed E-state index contributed by atoms with van der Waals surface area (Å²) in [5.41, 5.74) is -0.178. The molecule has 35 heavy (non-hydrogen) atoms. The molecule has 1 aromatic rings. The van der Waals surface area contributed by atoms with E-state index in [9.17, 15) is 26.4 Å². The first-order chi connectivity index (χ1) is 16.6. The number of aromatic nitrogens is 2. The van der Waals surface area contributed by atoms with Crippen molar-refractivity contribution < 1.29 is 35.9 Å². The number of sulfonamides is 1. The monoisotopic (exact) mass is 518 g/mol. The topological polar surface area (TPSA) is 111 Å². The molecule has 1 saturated heterocycles. The van der Waals surface area contributed by atoms with Crippen molar-refractivity contribution in [3.63, 3.8) is 0 Å². The Labute approximate surface area is 201 Å². The highest BCUT2D eigenvalue weighted by Crippen LogP contribution is 2.61. The Balaban J connectivity index is 1.26. The summed E-state index contributed by atoms with van der Waals surface area (Å²) < 4.78 is 79.4. The molecule has 1 aromatic heterocycles. The van der Waals surface area contributed by atoms with Crippen LogP contribution in [0.4, 0.5) is 18.0 Å². The number of hydrogen-bond acceptors (Lipinski definition) is 7. The number of alkyl halides is 2. The van der Waals surface area contributed by atoms with Crippen molar-refractivity contribution in [3.8, 4) is 0 Å². The molecule has 6 atom stereocenters. The maximum absolute atomic E-state index is 13.8. The van der Waals surface area contributed by atoms with E-state index < -0.39 is 51.7 Å². The number of amides is 1. The predicted molar refractivity (Wildman–Crippen MR) is 117 cm³/mol. The van der Waals surface area contributed by atoms with E-state index in [0.29, 0.717) is 31.5 Å². The van der Waals surface area contributed by atoms with Gasteiger partial charge in [-0.15, -0.1) is 0 Å². The Hall–Kier alpha value is -1.99. The van der Waals surface area contributed by atoms with E-state index in [2.05, 4.69) is 14.7 Å². The molecule has 4 unspecified atom stereocenters. The van der Waals surface area contributed by atoms with Crippen molar-refractivity contribution >= 4 is 16.1 Å². The summed E-state index contributed by atoms with van der Waals surface area (Å²) in [6, 6.07) is -3.28. The van der Waals surface area contributed by atoms with E-state index in [1.807, 2.05) is 0 Å². The van der Waals surface area contributed by atoms with Crippen LogP contribution in [0, 0.1) is 11.7 Å². The fourth-order valence-electron chi connectivity index (χ4n) is 5.77. The molecule has 9 nitrogen and oxygen atoms in total. The van der Waals surface area contributed by atoms with E-state index in [1.54, 1.807) is 0 Å². The molecule has 0 aromatic carbocycles. The highest BCUT2D eigenvalue weighted by molar-refractivity contribution is 7.90. The third-order valence-corrected chi connectivity index (χ3v) is 9.87. The Kier molecular flexibility index (Phi) is 6.45. The lowest BCUT2D eigenvalue weighted by molar-refractivity contribution is -0.0239. The molecule has 1 aliphatic heterocycles. The van der Waals surface area contributed by atoms with Gasteiger partial charge in [0, 0.05) is 11.5 Å². The normalized spacial score (nSPS) is 34.7. The second-order valence-electron chi connectivity index (χ2n) is 10.1. The van der Waals surface area contributed by atoms with E-state index >= 15 is 0 Å². The molecule has 13 heteroatoms. The Morgan fingerprint density at radius 2 is 1.97 bits per heavy atom. The van der Waals surface area contributed by atoms with Crippen LogP contribution in [0.25, 0.3) is 0 Å². The summed E-state index contributed by atoms with van der Waals surface area (Å²) in [4.78, 5) is 21.7. The lowest BCUT2D eigenvalue weighted by atomic mass is 9.86. The molecule has 5 rings (SSSR count). The van der Waals surface area contributed by atoms with Crippen LogP contribution < -0.4 is 4.72 Å². The minimum Gasteiger partial charge on any atom is -0.453 e. The number of hydrogen-bond donors (Lipinski definition) is 1. The van der Waals surface area contributed by atoms with Crippen LogP contribution in [0.5, 0.6) is 0 Å². The number of nitrogens with zero attached hydrogens (tertiary/aromatic N) is 3. The zero-order valence-corrected chi connectivity index (χ0v) is 20.1. The van der Waals surface area contributed by atoms with Crippen LogP contribution in [0.3, 0.4) is 0 Å². The Morgan fingerprint density at radius 3 is 2.57 bits per heavy atom. The molecule has 3 aliphatic carbocycles. The average molecular weight is 519 g/mol. The first-order valence-electron chi connectivity index (χ1n) is 11.9. The van der Waals surface area contributed by atoms with Crippen LogP contribution in [0.2, 0.25) is 0 Å². The number of nitrogens with one attached hydrogen (secondary N) is 1. The van der Waals surface area contributed by atoms with Crippen molar-refractivity contribution in [2.45, 2.75) is 86.3 Å². The highest BCUT2D eigenvalue weighted by Gasteiger charge is 2.60. The minimum absolute atomic E-state index is 0.0897. The number of methoxy groups -OCH3 is 1. The number of carbonyl (C=O) groups excluding carboxylic acids is 1. The first-order valence-corrected chi connectivity index (χ1v) is 13.4. The molecule has 4 aliphatic rings. The van der Waals surface area contributed by atoms with Crippen LogP contribution in [0.15, 0.2) is 12.4 Å². The average Bonchev–Trinajstić information content (AvgIpc) is 3.74. The summed E-state index contributed by atoms with van der Waals surface area (Å²) in [6.45, 7) is -0.0897. The van der Waals surface area contributed by atoms with Crippen molar-refractivity contribution in [2.24, 2.45) is 5.92 Å². The molecule has 194 valence electrons. The second kappa shape index (κ2) is 9.15. The van der Waals surface area contributed by atoms with Gasteiger partial charge in [0.2, 0.25) is 10.0 Å². The summed E-state index contributed by atoms with van der Waals surface area (Å²) >= 11 is 0. The molecule has 2 heterocycles. The number of rotatable bonds is 8. The molecule has 0 spiro atoms. The van der Waals surface area contributed by atoms with E-state index in [4.69, 9.17) is 9.47 Å². The summed E-state index contributed by atoms with van der Waals surface area (Å²) in [5, 5.41) is -0.517. The second-order valence-corrected chi connectivity index (χ2v) is 12.1. The van der Waals surface area contributed by atoms with Crippen LogP contribution in [0.1, 0.15) is 50.8 Å². The largest absolute Gasteiger partial charge is 0.453 e. The number of carbonyl (C=O) groups is 1. The van der Waals surface area contributed by atoms with Gasteiger partial charge in [0.15, 0.2) is 5.82 Å². The zero-order valence-electron chi connectivity index (χ0n) is 19.3. The number of ether oxygens (including phenoxy) is 2. The molecule has 0 bridgehead atoms. The summed E-state index contributed by atoms with van der Waals surface area (Å²) in [6.07, 6.45) is 2.19. The van der Waals surface area contributed by atoms with Gasteiger partial charge in [0.1, 0.15) is 5.82 Å². The Bertz CT molecular complexity index is 1060. The lowest BCUT2D eigenvalue weighted by Gasteiger charge is -2.33. The first kappa shape index (κ1) is 24.7. The molecule has 0 radical (unpaired) electrons. The fraction of sp³-hybridized carbons (Fsp3) is 0.773. The molecule has 4 fully saturated rings. The van der Waals surface area contributed by atoms with Crippen LogP contribution in [-0.4, -0.2) is 79.0 Å². The van der Waals surface area contributed by atoms with Gasteiger partial charge < -0.3 is 9.47 Å². The van der Waals surface area contributed by atoms with Crippen molar-refractivity contribution in [2.75, 3.05) is 13.7 Å². The van der Waals surface area contributed by atoms with Crippen molar-refractivity contribution in [3.05, 3.63) is 24.0 Å². The van der Waals surface area contributed by atoms with Crippen LogP contribution >= 0.6 is 0 Å². The van der Waals surface area contributed by atoms with Gasteiger partial charge in [-0.2, -0.15) is 0 Å². The van der Waals surface area contributed by atoms with Gasteiger partial charge in [0.25, 0.3) is 6.43 Å². The van der Waals surface area contributed by atoms with Gasteiger partial charge in [-0.05, 0) is 50.9 Å². The van der Waals surface area contributed by atoms with E-state index in [0.717, 1.165) is 24.9 Å². The third-order valence-electron chi connectivity index (χ3n) is 7.89. The molecular weight excluding hydrogens is 489 g/mol. The lowest BCUT2D eigenvalue weighted by Crippen LogP contribution is -2.52. The van der Waals surface area contributed by atoms with E-state index in [1.165, 1.54) is 12.4 Å². The van der Waals surface area contributed by atoms with E-state index in [-0.39, 0.29) is 30.5 Å². The minimum atomic E-state index is -3.67. The SMILES string of the molecule is COC(=O)N1C(C(F)F)C[C@H](NS(=O)(=O)C2CC2)[C@@H]1COC1CCC2(c3ncc(F)cn3)CC2C1. The smallest absolute Gasteiger partial charge is 0.410 e. The van der Waals surface area contributed by atoms with Crippen molar-refractivity contribution in [1.82, 2.24) is 19.6 Å². The Morgan fingerprint density at radius 1 is 1.26 bits per heavy atom. The standard InChI is InChI=1S/C22H29F3N4O5S/c1-33-21(30)29-17(19(24)25)7-16(28-35(31,32)15-2-3-15)18(29)11-34-14-4-5-22(8-12(22)6-14)20-26-9-13(23)10-27-20/h9-10,12,14-19,28H,2-8,11H2,1H3/t12?,14?,16-,17?,18-,22?/m0/s1. The molecule has 1 amide bonds. The van der Waals surface area contributed by atoms with Gasteiger partial charge in [-0.3, -0.25) is 4.90 Å². The van der Waals surface area contributed by atoms with Gasteiger partial charge in [-0.25, -0.2) is 41.1 Å². The van der Waals surface area contributed by atoms with Crippen LogP contribution in [-0.2, 0) is 24.9 Å². The quantitative estimate of drug-likeness (QED) is 0.563. The number of likely N-dealkylation sites (tertiary alicyclic amines) is 1. The number of fused-ring (bicyclic) bond motifs is 1. The maximum Gasteiger partial charge on any atom is 0.410 e. The maximum atomic E-state index is 13.8. The van der Waals surface area contributed by atoms with Gasteiger partial charge in [-0.1, -0.05) is 0 Å². The summed E-state index contributed by atoms with van der Waals surface area (Å²) in [5.74, 6) is 0.411. The predicted octanol–water partition coefficient (Wildman–Crippen LogP) is 2.37. The molecular formula is C22H29F3N4O5S. The fourth-order valence-corrected chi connectivity index (χ4v) is 7.39. The van der Waals surface area contributed by atoms with Gasteiger partial charge >= 0.3 is 6.09 Å². The van der Waals surface area contributed by atoms with Crippen molar-refractivity contribution in [1.29, 1.82) is 0 Å². The molecule has 1 N–H and O–H groups in total. The summed E-state index contributed by atoms with van der Waals surface area (Å²) in [7, 11) is -2.56. The third kappa shape index (κ3) is 4.74. The molecule has 3 saturated carbocycles.